The summed E-state index contributed by atoms with van der Waals surface area (Å²) in [6, 6.07) is 71.9. The Morgan fingerprint density at radius 1 is 0.407 bits per heavy atom. The van der Waals surface area contributed by atoms with Crippen molar-refractivity contribution < 1.29 is 4.42 Å². The first-order valence-electron chi connectivity index (χ1n) is 18.1. The van der Waals surface area contributed by atoms with E-state index in [0.717, 1.165) is 67.3 Å². The van der Waals surface area contributed by atoms with Crippen molar-refractivity contribution in [3.8, 4) is 17.1 Å². The molecule has 0 aliphatic carbocycles. The van der Waals surface area contributed by atoms with Crippen molar-refractivity contribution in [2.75, 3.05) is 9.80 Å². The number of hydrogen-bond donors (Lipinski definition) is 0. The van der Waals surface area contributed by atoms with Crippen LogP contribution in [-0.4, -0.2) is 9.55 Å². The Kier molecular flexibility index (Phi) is 7.73. The molecule has 0 radical (unpaired) electrons. The van der Waals surface area contributed by atoms with Gasteiger partial charge in [0.15, 0.2) is 5.58 Å². The number of benzene rings is 8. The van der Waals surface area contributed by atoms with Gasteiger partial charge >= 0.3 is 0 Å². The van der Waals surface area contributed by atoms with Gasteiger partial charge in [-0.25, -0.2) is 4.98 Å². The van der Waals surface area contributed by atoms with Crippen LogP contribution in [0, 0.1) is 0 Å². The predicted octanol–water partition coefficient (Wildman–Crippen LogP) is 13.5. The number of oxazole rings is 1. The molecule has 0 atom stereocenters. The molecule has 0 unspecified atom stereocenters. The number of anilines is 6. The van der Waals surface area contributed by atoms with Crippen LogP contribution in [0.2, 0.25) is 0 Å². The quantitative estimate of drug-likeness (QED) is 0.159. The zero-order valence-electron chi connectivity index (χ0n) is 29.3. The molecule has 0 N–H and O–H groups in total. The van der Waals surface area contributed by atoms with E-state index in [2.05, 4.69) is 178 Å². The lowest BCUT2D eigenvalue weighted by Crippen LogP contribution is -2.13. The minimum atomic E-state index is 0.573. The van der Waals surface area contributed by atoms with Gasteiger partial charge in [-0.05, 0) is 97.1 Å². The summed E-state index contributed by atoms with van der Waals surface area (Å²) in [7, 11) is 0. The summed E-state index contributed by atoms with van der Waals surface area (Å²) < 4.78 is 9.15. The second-order valence-electron chi connectivity index (χ2n) is 13.3. The highest BCUT2D eigenvalue weighted by atomic mass is 16.3. The number of nitrogens with zero attached hydrogens (tertiary/aromatic N) is 4. The van der Waals surface area contributed by atoms with E-state index in [4.69, 9.17) is 9.40 Å². The van der Waals surface area contributed by atoms with Gasteiger partial charge in [0.25, 0.3) is 0 Å². The first-order valence-corrected chi connectivity index (χ1v) is 18.1. The Labute approximate surface area is 313 Å². The maximum Gasteiger partial charge on any atom is 0.227 e. The highest BCUT2D eigenvalue weighted by Gasteiger charge is 2.25. The van der Waals surface area contributed by atoms with Crippen molar-refractivity contribution in [3.63, 3.8) is 0 Å². The minimum absolute atomic E-state index is 0.573. The molecular formula is C49H34N4O. The van der Waals surface area contributed by atoms with Crippen LogP contribution in [-0.2, 0) is 0 Å². The van der Waals surface area contributed by atoms with Gasteiger partial charge in [0.2, 0.25) is 5.89 Å². The molecule has 8 aromatic carbocycles. The number of rotatable bonds is 8. The lowest BCUT2D eigenvalue weighted by molar-refractivity contribution is 0.620. The Hall–Kier alpha value is -7.37. The zero-order chi connectivity index (χ0) is 35.8. The highest BCUT2D eigenvalue weighted by Crippen LogP contribution is 2.46. The van der Waals surface area contributed by atoms with Crippen LogP contribution in [0.1, 0.15) is 0 Å². The molecule has 0 spiro atoms. The van der Waals surface area contributed by atoms with E-state index >= 15 is 0 Å². The molecular weight excluding hydrogens is 661 g/mol. The largest absolute Gasteiger partial charge is 0.434 e. The van der Waals surface area contributed by atoms with Crippen LogP contribution in [0.5, 0.6) is 0 Å². The number of hydrogen-bond acceptors (Lipinski definition) is 4. The van der Waals surface area contributed by atoms with Gasteiger partial charge < -0.3 is 18.8 Å². The molecule has 256 valence electrons. The summed E-state index contributed by atoms with van der Waals surface area (Å²) in [4.78, 5) is 9.73. The Bertz CT molecular complexity index is 2830. The smallest absolute Gasteiger partial charge is 0.227 e. The van der Waals surface area contributed by atoms with E-state index in [1.54, 1.807) is 0 Å². The monoisotopic (exact) mass is 694 g/mol. The molecule has 2 heterocycles. The lowest BCUT2D eigenvalue weighted by Gasteiger charge is -2.29. The van der Waals surface area contributed by atoms with Crippen LogP contribution < -0.4 is 9.80 Å². The Morgan fingerprint density at radius 3 is 1.59 bits per heavy atom. The summed E-state index contributed by atoms with van der Waals surface area (Å²) in [5, 5.41) is 2.36. The number of para-hydroxylation sites is 5. The third-order valence-corrected chi connectivity index (χ3v) is 9.95. The van der Waals surface area contributed by atoms with Crippen molar-refractivity contribution >= 4 is 67.0 Å². The van der Waals surface area contributed by atoms with Crippen LogP contribution in [0.4, 0.5) is 34.1 Å². The van der Waals surface area contributed by atoms with Crippen molar-refractivity contribution in [1.82, 2.24) is 9.55 Å². The second kappa shape index (κ2) is 13.3. The van der Waals surface area contributed by atoms with Gasteiger partial charge in [-0.2, -0.15) is 0 Å². The second-order valence-corrected chi connectivity index (χ2v) is 13.3. The summed E-state index contributed by atoms with van der Waals surface area (Å²) in [6.45, 7) is 0. The van der Waals surface area contributed by atoms with Crippen molar-refractivity contribution in [2.45, 2.75) is 0 Å². The van der Waals surface area contributed by atoms with Gasteiger partial charge in [-0.15, -0.1) is 0 Å². The molecule has 5 heteroatoms. The zero-order valence-corrected chi connectivity index (χ0v) is 29.3. The molecule has 0 aliphatic heterocycles. The summed E-state index contributed by atoms with van der Waals surface area (Å²) in [6.07, 6.45) is 0. The molecule has 54 heavy (non-hydrogen) atoms. The molecule has 0 saturated carbocycles. The molecule has 0 saturated heterocycles. The summed E-state index contributed by atoms with van der Waals surface area (Å²) in [5.41, 5.74) is 11.8. The maximum absolute atomic E-state index is 6.80. The van der Waals surface area contributed by atoms with Gasteiger partial charge in [0, 0.05) is 44.8 Å². The average Bonchev–Trinajstić information content (AvgIpc) is 3.83. The van der Waals surface area contributed by atoms with E-state index in [9.17, 15) is 0 Å². The third kappa shape index (κ3) is 5.47. The van der Waals surface area contributed by atoms with E-state index in [0.29, 0.717) is 11.5 Å². The first kappa shape index (κ1) is 31.4. The molecule has 0 bridgehead atoms. The van der Waals surface area contributed by atoms with Crippen LogP contribution in [0.25, 0.3) is 50.0 Å². The van der Waals surface area contributed by atoms with E-state index in [1.807, 2.05) is 42.5 Å². The van der Waals surface area contributed by atoms with Crippen LogP contribution >= 0.6 is 0 Å². The van der Waals surface area contributed by atoms with Crippen LogP contribution in [0.3, 0.4) is 0 Å². The average molecular weight is 695 g/mol. The SMILES string of the molecule is c1ccc(-c2nc3cc(N(c4ccccc4)c4ccccc4)cc(N(c4ccccc4)c4ccc5c(c4)c4ccccc4n5-c4ccccc4)c3o2)cc1. The molecule has 0 aliphatic rings. The van der Waals surface area contributed by atoms with E-state index in [-0.39, 0.29) is 0 Å². The van der Waals surface area contributed by atoms with E-state index in [1.165, 1.54) is 5.39 Å². The van der Waals surface area contributed by atoms with Gasteiger partial charge in [-0.1, -0.05) is 109 Å². The number of aromatic nitrogens is 2. The fraction of sp³-hybridized carbons (Fsp3) is 0. The van der Waals surface area contributed by atoms with Crippen molar-refractivity contribution in [1.29, 1.82) is 0 Å². The molecule has 0 fully saturated rings. The fourth-order valence-corrected chi connectivity index (χ4v) is 7.56. The lowest BCUT2D eigenvalue weighted by atomic mass is 10.1. The van der Waals surface area contributed by atoms with Gasteiger partial charge in [0.1, 0.15) is 5.52 Å². The molecule has 10 rings (SSSR count). The molecule has 5 nitrogen and oxygen atoms in total. The summed E-state index contributed by atoms with van der Waals surface area (Å²) >= 11 is 0. The normalized spacial score (nSPS) is 11.3. The summed E-state index contributed by atoms with van der Waals surface area (Å²) in [5.74, 6) is 0.573. The van der Waals surface area contributed by atoms with Crippen molar-refractivity contribution in [2.24, 2.45) is 0 Å². The third-order valence-electron chi connectivity index (χ3n) is 9.95. The topological polar surface area (TPSA) is 37.4 Å². The Balaban J connectivity index is 1.26. The van der Waals surface area contributed by atoms with E-state index < -0.39 is 0 Å². The minimum Gasteiger partial charge on any atom is -0.434 e. The molecule has 0 amide bonds. The standard InChI is InChI=1S/C49H34N4O/c1-6-18-35(19-7-1)49-50-44-33-41(51(36-20-8-2-9-21-36)37-22-10-3-11-23-37)34-47(48(44)54-49)52(38-24-12-4-13-25-38)40-30-31-46-43(32-40)42-28-16-17-29-45(42)53(46)39-26-14-5-15-27-39/h1-34H. The van der Waals surface area contributed by atoms with Gasteiger partial charge in [0.05, 0.1) is 22.4 Å². The highest BCUT2D eigenvalue weighted by molar-refractivity contribution is 6.11. The van der Waals surface area contributed by atoms with Crippen LogP contribution in [0.15, 0.2) is 211 Å². The molecule has 2 aromatic heterocycles. The maximum atomic E-state index is 6.80. The number of fused-ring (bicyclic) bond motifs is 4. The molecule has 10 aromatic rings. The predicted molar refractivity (Wildman–Crippen MR) is 223 cm³/mol. The van der Waals surface area contributed by atoms with Crippen molar-refractivity contribution in [3.05, 3.63) is 206 Å². The first-order chi connectivity index (χ1) is 26.8. The Morgan fingerprint density at radius 2 is 0.944 bits per heavy atom. The van der Waals surface area contributed by atoms with Gasteiger partial charge in [-0.3, -0.25) is 0 Å². The fourth-order valence-electron chi connectivity index (χ4n) is 7.56.